The minimum absolute atomic E-state index is 0.113. The van der Waals surface area contributed by atoms with Gasteiger partial charge < -0.3 is 0 Å². The van der Waals surface area contributed by atoms with Gasteiger partial charge in [-0.2, -0.15) is 18.3 Å². The van der Waals surface area contributed by atoms with Crippen molar-refractivity contribution >= 4 is 21.4 Å². The number of benzene rings is 1. The fourth-order valence-electron chi connectivity index (χ4n) is 2.61. The van der Waals surface area contributed by atoms with E-state index in [4.69, 9.17) is 0 Å². The molecule has 1 aromatic carbocycles. The van der Waals surface area contributed by atoms with Crippen molar-refractivity contribution in [3.63, 3.8) is 0 Å². The maximum atomic E-state index is 13.0. The van der Waals surface area contributed by atoms with Crippen LogP contribution >= 0.6 is 11.3 Å². The summed E-state index contributed by atoms with van der Waals surface area (Å²) in [5.41, 5.74) is -0.969. The zero-order valence-corrected chi connectivity index (χ0v) is 16.5. The van der Waals surface area contributed by atoms with Gasteiger partial charge in [0.05, 0.1) is 15.3 Å². The van der Waals surface area contributed by atoms with Gasteiger partial charge in [0.25, 0.3) is 5.56 Å². The van der Waals surface area contributed by atoms with Crippen LogP contribution in [0.1, 0.15) is 12.0 Å². The first kappa shape index (κ1) is 21.2. The van der Waals surface area contributed by atoms with Crippen molar-refractivity contribution in [1.82, 2.24) is 14.5 Å². The van der Waals surface area contributed by atoms with Crippen LogP contribution in [-0.4, -0.2) is 24.7 Å². The van der Waals surface area contributed by atoms with E-state index in [9.17, 15) is 26.4 Å². The van der Waals surface area contributed by atoms with Gasteiger partial charge in [0, 0.05) is 19.2 Å². The van der Waals surface area contributed by atoms with E-state index in [0.29, 0.717) is 11.8 Å². The van der Waals surface area contributed by atoms with Gasteiger partial charge in [-0.05, 0) is 36.1 Å². The molecule has 0 spiro atoms. The molecule has 11 heteroatoms. The predicted molar refractivity (Wildman–Crippen MR) is 103 cm³/mol. The largest absolute Gasteiger partial charge is 0.417 e. The van der Waals surface area contributed by atoms with Crippen molar-refractivity contribution in [2.75, 3.05) is 6.54 Å². The topological polar surface area (TPSA) is 81.1 Å². The van der Waals surface area contributed by atoms with Crippen LogP contribution in [0.2, 0.25) is 0 Å². The number of sulfonamides is 1. The van der Waals surface area contributed by atoms with Gasteiger partial charge in [-0.15, -0.1) is 11.3 Å². The van der Waals surface area contributed by atoms with Crippen molar-refractivity contribution in [3.8, 4) is 10.6 Å². The Hall–Kier alpha value is -2.50. The number of rotatable bonds is 7. The second-order valence-electron chi connectivity index (χ2n) is 6.00. The molecule has 2 heterocycles. The molecule has 0 aliphatic heterocycles. The first-order valence-corrected chi connectivity index (χ1v) is 10.8. The summed E-state index contributed by atoms with van der Waals surface area (Å²) in [7, 11) is -4.36. The van der Waals surface area contributed by atoms with Crippen LogP contribution in [-0.2, 0) is 22.7 Å². The molecule has 1 N–H and O–H groups in total. The normalized spacial score (nSPS) is 12.2. The van der Waals surface area contributed by atoms with Crippen molar-refractivity contribution in [2.24, 2.45) is 0 Å². The summed E-state index contributed by atoms with van der Waals surface area (Å²) < 4.78 is 67.1. The molecule has 0 radical (unpaired) electrons. The third-order valence-corrected chi connectivity index (χ3v) is 6.37. The number of hydrogen-bond donors (Lipinski definition) is 1. The molecule has 2 aromatic heterocycles. The summed E-state index contributed by atoms with van der Waals surface area (Å²) in [6.45, 7) is -0.0344. The average Bonchev–Trinajstić information content (AvgIpc) is 3.20. The molecule has 3 aromatic rings. The van der Waals surface area contributed by atoms with Gasteiger partial charge in [-0.1, -0.05) is 18.2 Å². The zero-order chi connectivity index (χ0) is 21.1. The number of aryl methyl sites for hydroxylation is 1. The average molecular weight is 443 g/mol. The molecule has 3 rings (SSSR count). The third-order valence-electron chi connectivity index (χ3n) is 3.96. The van der Waals surface area contributed by atoms with E-state index in [1.165, 1.54) is 28.2 Å². The van der Waals surface area contributed by atoms with Crippen LogP contribution in [0, 0.1) is 0 Å². The first-order valence-electron chi connectivity index (χ1n) is 8.46. The van der Waals surface area contributed by atoms with Crippen LogP contribution < -0.4 is 10.3 Å². The summed E-state index contributed by atoms with van der Waals surface area (Å²) in [6.07, 6.45) is -4.61. The summed E-state index contributed by atoms with van der Waals surface area (Å²) >= 11 is 1.46. The highest BCUT2D eigenvalue weighted by molar-refractivity contribution is 7.89. The van der Waals surface area contributed by atoms with Crippen molar-refractivity contribution in [1.29, 1.82) is 0 Å². The number of nitrogens with one attached hydrogen (secondary N) is 1. The highest BCUT2D eigenvalue weighted by atomic mass is 32.2. The minimum Gasteiger partial charge on any atom is -0.268 e. The molecule has 0 aliphatic rings. The maximum absolute atomic E-state index is 13.0. The highest BCUT2D eigenvalue weighted by Crippen LogP contribution is 2.33. The number of aromatic nitrogens is 2. The highest BCUT2D eigenvalue weighted by Gasteiger charge is 2.36. The maximum Gasteiger partial charge on any atom is 0.417 e. The number of thiophene rings is 1. The van der Waals surface area contributed by atoms with E-state index in [0.717, 1.165) is 17.0 Å². The molecule has 6 nitrogen and oxygen atoms in total. The summed E-state index contributed by atoms with van der Waals surface area (Å²) in [6, 6.07) is 10.6. The SMILES string of the molecule is O=c1ccc(-c2cccs2)nn1CCCNS(=O)(=O)c1ccccc1C(F)(F)F. The van der Waals surface area contributed by atoms with E-state index in [1.807, 2.05) is 17.5 Å². The first-order chi connectivity index (χ1) is 13.7. The number of hydrogen-bond acceptors (Lipinski definition) is 5. The Morgan fingerprint density at radius 2 is 1.83 bits per heavy atom. The van der Waals surface area contributed by atoms with Gasteiger partial charge in [0.1, 0.15) is 5.69 Å². The van der Waals surface area contributed by atoms with Gasteiger partial charge >= 0.3 is 6.18 Å². The van der Waals surface area contributed by atoms with E-state index >= 15 is 0 Å². The van der Waals surface area contributed by atoms with Crippen LogP contribution in [0.25, 0.3) is 10.6 Å². The van der Waals surface area contributed by atoms with E-state index < -0.39 is 26.7 Å². The molecule has 0 saturated carbocycles. The fraction of sp³-hybridized carbons (Fsp3) is 0.222. The summed E-state index contributed by atoms with van der Waals surface area (Å²) in [5, 5.41) is 6.12. The quantitative estimate of drug-likeness (QED) is 0.568. The number of halogens is 3. The Kier molecular flexibility index (Phi) is 6.20. The molecule has 0 atom stereocenters. The Morgan fingerprint density at radius 3 is 2.52 bits per heavy atom. The van der Waals surface area contributed by atoms with Gasteiger partial charge in [0.2, 0.25) is 10.0 Å². The van der Waals surface area contributed by atoms with Gasteiger partial charge in [-0.25, -0.2) is 17.8 Å². The minimum atomic E-state index is -4.79. The fourth-order valence-corrected chi connectivity index (χ4v) is 4.60. The van der Waals surface area contributed by atoms with Crippen molar-refractivity contribution in [3.05, 3.63) is 69.8 Å². The van der Waals surface area contributed by atoms with Crippen LogP contribution in [0.5, 0.6) is 0 Å². The Balaban J connectivity index is 1.67. The second kappa shape index (κ2) is 8.47. The Morgan fingerprint density at radius 1 is 1.07 bits per heavy atom. The summed E-state index contributed by atoms with van der Waals surface area (Å²) in [5.74, 6) is 0. The number of alkyl halides is 3. The summed E-state index contributed by atoms with van der Waals surface area (Å²) in [4.78, 5) is 12.0. The van der Waals surface area contributed by atoms with E-state index in [-0.39, 0.29) is 25.1 Å². The van der Waals surface area contributed by atoms with Crippen LogP contribution in [0.3, 0.4) is 0 Å². The van der Waals surface area contributed by atoms with Crippen LogP contribution in [0.4, 0.5) is 13.2 Å². The lowest BCUT2D eigenvalue weighted by atomic mass is 10.2. The molecule has 154 valence electrons. The molecule has 0 amide bonds. The molecule has 0 fully saturated rings. The molecular weight excluding hydrogens is 427 g/mol. The molecule has 0 saturated heterocycles. The Bertz CT molecular complexity index is 1140. The lowest BCUT2D eigenvalue weighted by Gasteiger charge is -2.13. The standard InChI is InChI=1S/C18H16F3N3O3S2/c19-18(20,21)13-5-1-2-7-16(13)29(26,27)22-10-4-11-24-17(25)9-8-14(23-24)15-6-3-12-28-15/h1-3,5-9,12,22H,4,10-11H2. The lowest BCUT2D eigenvalue weighted by molar-refractivity contribution is -0.139. The predicted octanol–water partition coefficient (Wildman–Crippen LogP) is 3.36. The second-order valence-corrected chi connectivity index (χ2v) is 8.69. The molecule has 0 unspecified atom stereocenters. The van der Waals surface area contributed by atoms with Crippen LogP contribution in [0.15, 0.2) is 63.6 Å². The van der Waals surface area contributed by atoms with E-state index in [2.05, 4.69) is 9.82 Å². The molecule has 0 aliphatic carbocycles. The van der Waals surface area contributed by atoms with Crippen molar-refractivity contribution in [2.45, 2.75) is 24.0 Å². The molecular formula is C18H16F3N3O3S2. The Labute approximate surface area is 168 Å². The monoisotopic (exact) mass is 443 g/mol. The van der Waals surface area contributed by atoms with E-state index in [1.54, 1.807) is 6.07 Å². The molecule has 0 bridgehead atoms. The smallest absolute Gasteiger partial charge is 0.268 e. The van der Waals surface area contributed by atoms with Gasteiger partial charge in [0.15, 0.2) is 0 Å². The molecule has 29 heavy (non-hydrogen) atoms. The zero-order valence-electron chi connectivity index (χ0n) is 14.9. The third kappa shape index (κ3) is 5.11. The van der Waals surface area contributed by atoms with Crippen molar-refractivity contribution < 1.29 is 21.6 Å². The lowest BCUT2D eigenvalue weighted by Crippen LogP contribution is -2.29. The number of nitrogens with zero attached hydrogens (tertiary/aromatic N) is 2. The van der Waals surface area contributed by atoms with Gasteiger partial charge in [-0.3, -0.25) is 4.79 Å².